The van der Waals surface area contributed by atoms with Crippen molar-refractivity contribution in [3.05, 3.63) is 65.2 Å². The Hall–Kier alpha value is -2.25. The Morgan fingerprint density at radius 3 is 2.38 bits per heavy atom. The molecule has 7 heteroatoms. The highest BCUT2D eigenvalue weighted by Gasteiger charge is 2.13. The van der Waals surface area contributed by atoms with Crippen LogP contribution in [0.3, 0.4) is 0 Å². The van der Waals surface area contributed by atoms with E-state index in [-0.39, 0.29) is 12.1 Å². The minimum atomic E-state index is -1.56. The number of amides is 1. The highest BCUT2D eigenvalue weighted by Crippen LogP contribution is 2.09. The number of benzene rings is 2. The van der Waals surface area contributed by atoms with Gasteiger partial charge in [-0.3, -0.25) is 4.79 Å². The van der Waals surface area contributed by atoms with Crippen molar-refractivity contribution in [2.75, 3.05) is 0 Å². The van der Waals surface area contributed by atoms with Crippen LogP contribution in [0.1, 0.15) is 15.9 Å². The van der Waals surface area contributed by atoms with E-state index in [0.717, 1.165) is 18.2 Å². The summed E-state index contributed by atoms with van der Waals surface area (Å²) in [7, 11) is -1.56. The second kappa shape index (κ2) is 6.47. The molecule has 0 aromatic heterocycles. The molecule has 1 amide bonds. The second-order valence-electron chi connectivity index (χ2n) is 4.42. The SMILES string of the molecule is O=C(NCc1ccc(B(O)O)cc1)c1cc(F)ccc1F. The number of hydrogen-bond donors (Lipinski definition) is 3. The van der Waals surface area contributed by atoms with Crippen LogP contribution in [0, 0.1) is 11.6 Å². The topological polar surface area (TPSA) is 69.6 Å². The number of rotatable bonds is 4. The molecule has 2 rings (SSSR count). The largest absolute Gasteiger partial charge is 0.488 e. The predicted molar refractivity (Wildman–Crippen MR) is 73.8 cm³/mol. The summed E-state index contributed by atoms with van der Waals surface area (Å²) in [5, 5.41) is 20.4. The lowest BCUT2D eigenvalue weighted by Gasteiger charge is -2.07. The summed E-state index contributed by atoms with van der Waals surface area (Å²) in [6, 6.07) is 8.83. The third kappa shape index (κ3) is 3.87. The molecule has 0 aliphatic carbocycles. The van der Waals surface area contributed by atoms with Crippen molar-refractivity contribution >= 4 is 18.5 Å². The van der Waals surface area contributed by atoms with E-state index in [2.05, 4.69) is 5.32 Å². The van der Waals surface area contributed by atoms with E-state index in [0.29, 0.717) is 11.0 Å². The first kappa shape index (κ1) is 15.1. The average Bonchev–Trinajstić information content (AvgIpc) is 2.47. The van der Waals surface area contributed by atoms with Gasteiger partial charge in [-0.1, -0.05) is 24.3 Å². The summed E-state index contributed by atoms with van der Waals surface area (Å²) >= 11 is 0. The number of carbonyl (C=O) groups excluding carboxylic acids is 1. The van der Waals surface area contributed by atoms with Crippen LogP contribution in [-0.4, -0.2) is 23.1 Å². The van der Waals surface area contributed by atoms with Crippen LogP contribution in [0.25, 0.3) is 0 Å². The van der Waals surface area contributed by atoms with Crippen LogP contribution < -0.4 is 10.8 Å². The van der Waals surface area contributed by atoms with Gasteiger partial charge in [0.1, 0.15) is 11.6 Å². The molecule has 0 aliphatic heterocycles. The quantitative estimate of drug-likeness (QED) is 0.722. The highest BCUT2D eigenvalue weighted by atomic mass is 19.1. The fraction of sp³-hybridized carbons (Fsp3) is 0.0714. The maximum atomic E-state index is 13.4. The molecule has 21 heavy (non-hydrogen) atoms. The van der Waals surface area contributed by atoms with E-state index >= 15 is 0 Å². The zero-order valence-corrected chi connectivity index (χ0v) is 10.9. The van der Waals surface area contributed by atoms with Gasteiger partial charge in [0.2, 0.25) is 0 Å². The molecule has 2 aromatic carbocycles. The van der Waals surface area contributed by atoms with Gasteiger partial charge in [0, 0.05) is 6.54 Å². The molecule has 0 fully saturated rings. The average molecular weight is 291 g/mol. The van der Waals surface area contributed by atoms with E-state index in [1.807, 2.05) is 0 Å². The molecule has 0 atom stereocenters. The van der Waals surface area contributed by atoms with Crippen LogP contribution in [0.15, 0.2) is 42.5 Å². The van der Waals surface area contributed by atoms with Crippen molar-refractivity contribution in [1.82, 2.24) is 5.32 Å². The Labute approximate surface area is 120 Å². The molecule has 0 spiro atoms. The molecule has 0 unspecified atom stereocenters. The Morgan fingerprint density at radius 1 is 1.10 bits per heavy atom. The lowest BCUT2D eigenvalue weighted by Crippen LogP contribution is -2.30. The molecule has 0 radical (unpaired) electrons. The molecule has 0 heterocycles. The smallest absolute Gasteiger partial charge is 0.423 e. The zero-order chi connectivity index (χ0) is 15.4. The minimum absolute atomic E-state index is 0.108. The van der Waals surface area contributed by atoms with Crippen molar-refractivity contribution in [3.63, 3.8) is 0 Å². The normalized spacial score (nSPS) is 10.3. The molecule has 0 aliphatic rings. The number of halogens is 2. The Bertz CT molecular complexity index is 647. The molecule has 108 valence electrons. The molecule has 4 nitrogen and oxygen atoms in total. The first-order valence-electron chi connectivity index (χ1n) is 6.15. The second-order valence-corrected chi connectivity index (χ2v) is 4.42. The summed E-state index contributed by atoms with van der Waals surface area (Å²) in [6.07, 6.45) is 0. The monoisotopic (exact) mass is 291 g/mol. The Balaban J connectivity index is 2.02. The summed E-state index contributed by atoms with van der Waals surface area (Å²) in [6.45, 7) is 0.108. The van der Waals surface area contributed by atoms with E-state index in [1.54, 1.807) is 12.1 Å². The van der Waals surface area contributed by atoms with Crippen LogP contribution in [0.2, 0.25) is 0 Å². The third-order valence-electron chi connectivity index (χ3n) is 2.90. The standard InChI is InChI=1S/C14H12BF2NO3/c16-11-5-6-13(17)12(7-11)14(19)18-8-9-1-3-10(4-2-9)15(20)21/h1-7,20-21H,8H2,(H,18,19). The first-order valence-corrected chi connectivity index (χ1v) is 6.15. The zero-order valence-electron chi connectivity index (χ0n) is 10.9. The summed E-state index contributed by atoms with van der Waals surface area (Å²) in [5.41, 5.74) is 0.642. The van der Waals surface area contributed by atoms with Gasteiger partial charge in [0.05, 0.1) is 5.56 Å². The Kier molecular flexibility index (Phi) is 4.67. The van der Waals surface area contributed by atoms with Gasteiger partial charge < -0.3 is 15.4 Å². The van der Waals surface area contributed by atoms with Crippen LogP contribution in [0.4, 0.5) is 8.78 Å². The van der Waals surface area contributed by atoms with Gasteiger partial charge in [-0.05, 0) is 29.2 Å². The molecular formula is C14H12BF2NO3. The maximum Gasteiger partial charge on any atom is 0.488 e. The number of carbonyl (C=O) groups is 1. The highest BCUT2D eigenvalue weighted by molar-refractivity contribution is 6.58. The predicted octanol–water partition coefficient (Wildman–Crippen LogP) is 0.575. The first-order chi connectivity index (χ1) is 9.97. The summed E-state index contributed by atoms with van der Waals surface area (Å²) in [5.74, 6) is -2.21. The maximum absolute atomic E-state index is 13.4. The lowest BCUT2D eigenvalue weighted by atomic mass is 9.80. The fourth-order valence-corrected chi connectivity index (χ4v) is 1.76. The van der Waals surface area contributed by atoms with E-state index in [4.69, 9.17) is 10.0 Å². The molecule has 0 bridgehead atoms. The summed E-state index contributed by atoms with van der Waals surface area (Å²) < 4.78 is 26.4. The van der Waals surface area contributed by atoms with Crippen LogP contribution in [-0.2, 0) is 6.54 Å². The minimum Gasteiger partial charge on any atom is -0.423 e. The van der Waals surface area contributed by atoms with Crippen LogP contribution >= 0.6 is 0 Å². The van der Waals surface area contributed by atoms with Gasteiger partial charge in [-0.2, -0.15) is 0 Å². The van der Waals surface area contributed by atoms with Crippen molar-refractivity contribution in [2.45, 2.75) is 6.54 Å². The fourth-order valence-electron chi connectivity index (χ4n) is 1.76. The molecule has 0 saturated heterocycles. The summed E-state index contributed by atoms with van der Waals surface area (Å²) in [4.78, 5) is 11.8. The lowest BCUT2D eigenvalue weighted by molar-refractivity contribution is 0.0946. The van der Waals surface area contributed by atoms with Gasteiger partial charge in [-0.15, -0.1) is 0 Å². The van der Waals surface area contributed by atoms with Crippen molar-refractivity contribution in [1.29, 1.82) is 0 Å². The van der Waals surface area contributed by atoms with E-state index in [9.17, 15) is 13.6 Å². The van der Waals surface area contributed by atoms with Gasteiger partial charge in [0.25, 0.3) is 5.91 Å². The molecule has 3 N–H and O–H groups in total. The van der Waals surface area contributed by atoms with E-state index < -0.39 is 24.7 Å². The molecule has 2 aromatic rings. The molecule has 0 saturated carbocycles. The van der Waals surface area contributed by atoms with Gasteiger partial charge >= 0.3 is 7.12 Å². The Morgan fingerprint density at radius 2 is 1.76 bits per heavy atom. The van der Waals surface area contributed by atoms with Crippen molar-refractivity contribution < 1.29 is 23.6 Å². The van der Waals surface area contributed by atoms with Crippen LogP contribution in [0.5, 0.6) is 0 Å². The van der Waals surface area contributed by atoms with E-state index in [1.165, 1.54) is 12.1 Å². The van der Waals surface area contributed by atoms with Crippen molar-refractivity contribution in [3.8, 4) is 0 Å². The number of hydrogen-bond acceptors (Lipinski definition) is 3. The van der Waals surface area contributed by atoms with Crippen molar-refractivity contribution in [2.24, 2.45) is 0 Å². The third-order valence-corrected chi connectivity index (χ3v) is 2.90. The molecular weight excluding hydrogens is 279 g/mol. The number of nitrogens with one attached hydrogen (secondary N) is 1. The van der Waals surface area contributed by atoms with Gasteiger partial charge in [0.15, 0.2) is 0 Å². The van der Waals surface area contributed by atoms with Gasteiger partial charge in [-0.25, -0.2) is 8.78 Å².